The molecule has 0 bridgehead atoms. The molecule has 450 valence electrons. The third kappa shape index (κ3) is 25.0. The smallest absolute Gasteiger partial charge is 0.326 e. The van der Waals surface area contributed by atoms with Gasteiger partial charge < -0.3 is 79.7 Å². The fraction of sp³-hybridized carbons (Fsp3) is 0.566. The molecule has 0 saturated carbocycles. The zero-order chi connectivity index (χ0) is 61.1. The monoisotopic (exact) mass is 1180 g/mol. The van der Waals surface area contributed by atoms with Gasteiger partial charge in [0.05, 0.1) is 6.04 Å². The van der Waals surface area contributed by atoms with Crippen LogP contribution in [0.4, 0.5) is 0 Å². The molecular formula is C53H81N11O15S2. The maximum Gasteiger partial charge on any atom is 0.326 e. The summed E-state index contributed by atoms with van der Waals surface area (Å²) in [5, 5.41) is 61.4. The summed E-state index contributed by atoms with van der Waals surface area (Å²) in [5.41, 5.74) is 12.5. The van der Waals surface area contributed by atoms with E-state index in [0.717, 1.165) is 0 Å². The third-order valence-corrected chi connectivity index (χ3v) is 13.6. The average Bonchev–Trinajstić information content (AvgIpc) is 3.41. The minimum Gasteiger partial charge on any atom is -0.508 e. The van der Waals surface area contributed by atoms with Gasteiger partial charge in [-0.15, -0.1) is 0 Å². The number of benzene rings is 2. The molecule has 9 amide bonds. The summed E-state index contributed by atoms with van der Waals surface area (Å²) in [6.07, 6.45) is 0.388. The summed E-state index contributed by atoms with van der Waals surface area (Å²) in [7, 11) is 0. The highest BCUT2D eigenvalue weighted by atomic mass is 32.1. The SMILES string of the molecule is CC[C@H](C)[C@H](NC(=O)[C@@H](C)NC(=O)[C@H](Cc1ccc(O)cc1)NC(=O)[C@H](C)NC(=O)[C@@H](CCC(=O)O)NC(=O)[C@H](CS)NC(=O)[C@H](CC(C)C)NC(=O)[C@H](Cc1ccc(O)cc1)NC(=O)[C@H](CS)NC(=O)[C@@H](N)CCCCN)C(=O)O. The Morgan fingerprint density at radius 1 is 0.494 bits per heavy atom. The van der Waals surface area contributed by atoms with Gasteiger partial charge >= 0.3 is 11.9 Å². The lowest BCUT2D eigenvalue weighted by Gasteiger charge is -2.28. The van der Waals surface area contributed by atoms with Gasteiger partial charge in [0.15, 0.2) is 0 Å². The van der Waals surface area contributed by atoms with Crippen LogP contribution in [0.5, 0.6) is 11.5 Å². The van der Waals surface area contributed by atoms with E-state index in [1.54, 1.807) is 27.7 Å². The molecule has 0 aromatic heterocycles. The number of phenolic OH excluding ortho intramolecular Hbond substituents is 2. The number of carbonyl (C=O) groups excluding carboxylic acids is 9. The number of carbonyl (C=O) groups is 11. The predicted octanol–water partition coefficient (Wildman–Crippen LogP) is -1.36. The number of carboxylic acids is 2. The van der Waals surface area contributed by atoms with E-state index in [4.69, 9.17) is 11.5 Å². The van der Waals surface area contributed by atoms with Crippen LogP contribution in [-0.2, 0) is 65.6 Å². The topological polar surface area (TPSA) is 429 Å². The van der Waals surface area contributed by atoms with Crippen molar-refractivity contribution in [3.05, 3.63) is 59.7 Å². The number of aromatic hydroxyl groups is 2. The van der Waals surface area contributed by atoms with E-state index in [0.29, 0.717) is 43.4 Å². The van der Waals surface area contributed by atoms with Crippen molar-refractivity contribution in [3.8, 4) is 11.5 Å². The number of hydrogen-bond acceptors (Lipinski definition) is 17. The number of nitrogens with two attached hydrogens (primary N) is 2. The Balaban J connectivity index is 2.33. The molecule has 26 nitrogen and oxygen atoms in total. The molecule has 81 heavy (non-hydrogen) atoms. The molecular weight excluding hydrogens is 1090 g/mol. The Morgan fingerprint density at radius 3 is 1.31 bits per heavy atom. The van der Waals surface area contributed by atoms with Gasteiger partial charge in [0.2, 0.25) is 53.2 Å². The first-order chi connectivity index (χ1) is 38.1. The second-order valence-electron chi connectivity index (χ2n) is 20.1. The Hall–Kier alpha value is -7.17. The van der Waals surface area contributed by atoms with Crippen LogP contribution < -0.4 is 59.3 Å². The quantitative estimate of drug-likeness (QED) is 0.0277. The van der Waals surface area contributed by atoms with Gasteiger partial charge in [-0.2, -0.15) is 25.3 Å². The molecule has 2 aromatic carbocycles. The van der Waals surface area contributed by atoms with Crippen molar-refractivity contribution in [2.24, 2.45) is 23.3 Å². The fourth-order valence-corrected chi connectivity index (χ4v) is 8.32. The number of rotatable bonds is 36. The first-order valence-corrected chi connectivity index (χ1v) is 27.8. The summed E-state index contributed by atoms with van der Waals surface area (Å²) >= 11 is 8.46. The van der Waals surface area contributed by atoms with Gasteiger partial charge in [0, 0.05) is 30.8 Å². The van der Waals surface area contributed by atoms with Gasteiger partial charge in [0.1, 0.15) is 65.9 Å². The number of amides is 9. The Labute approximate surface area is 481 Å². The molecule has 0 spiro atoms. The fourth-order valence-electron chi connectivity index (χ4n) is 7.81. The molecule has 28 heteroatoms. The van der Waals surface area contributed by atoms with Gasteiger partial charge in [-0.25, -0.2) is 4.79 Å². The zero-order valence-electron chi connectivity index (χ0n) is 46.4. The van der Waals surface area contributed by atoms with Gasteiger partial charge in [0.25, 0.3) is 0 Å². The van der Waals surface area contributed by atoms with E-state index in [1.807, 2.05) is 0 Å². The summed E-state index contributed by atoms with van der Waals surface area (Å²) in [4.78, 5) is 147. The van der Waals surface area contributed by atoms with E-state index in [1.165, 1.54) is 62.4 Å². The van der Waals surface area contributed by atoms with Crippen LogP contribution in [0.3, 0.4) is 0 Å². The van der Waals surface area contributed by atoms with Crippen LogP contribution in [0, 0.1) is 11.8 Å². The summed E-state index contributed by atoms with van der Waals surface area (Å²) < 4.78 is 0. The maximum absolute atomic E-state index is 14.2. The largest absolute Gasteiger partial charge is 0.508 e. The highest BCUT2D eigenvalue weighted by molar-refractivity contribution is 7.80. The molecule has 0 aliphatic rings. The first kappa shape index (κ1) is 69.9. The van der Waals surface area contributed by atoms with Crippen molar-refractivity contribution < 1.29 is 73.2 Å². The molecule has 2 aromatic rings. The number of thiol groups is 2. The van der Waals surface area contributed by atoms with Crippen LogP contribution in [0.2, 0.25) is 0 Å². The lowest BCUT2D eigenvalue weighted by atomic mass is 9.99. The molecule has 11 atom stereocenters. The van der Waals surface area contributed by atoms with E-state index in [2.05, 4.69) is 73.1 Å². The summed E-state index contributed by atoms with van der Waals surface area (Å²) in [6, 6.07) is -2.19. The van der Waals surface area contributed by atoms with Crippen molar-refractivity contribution in [2.75, 3.05) is 18.1 Å². The van der Waals surface area contributed by atoms with Crippen LogP contribution >= 0.6 is 25.3 Å². The van der Waals surface area contributed by atoms with Gasteiger partial charge in [-0.05, 0) is 93.3 Å². The predicted molar refractivity (Wildman–Crippen MR) is 304 cm³/mol. The summed E-state index contributed by atoms with van der Waals surface area (Å²) in [6.45, 7) is 9.81. The third-order valence-electron chi connectivity index (χ3n) is 12.9. The zero-order valence-corrected chi connectivity index (χ0v) is 48.1. The molecule has 0 aliphatic carbocycles. The molecule has 0 unspecified atom stereocenters. The molecule has 0 radical (unpaired) electrons. The Bertz CT molecular complexity index is 2460. The van der Waals surface area contributed by atoms with Crippen molar-refractivity contribution in [1.82, 2.24) is 47.9 Å². The molecule has 0 heterocycles. The second-order valence-corrected chi connectivity index (χ2v) is 20.8. The second kappa shape index (κ2) is 35.5. The highest BCUT2D eigenvalue weighted by Gasteiger charge is 2.35. The lowest BCUT2D eigenvalue weighted by molar-refractivity contribution is -0.143. The van der Waals surface area contributed by atoms with Crippen LogP contribution in [0.15, 0.2) is 48.5 Å². The normalized spacial score (nSPS) is 15.2. The number of phenols is 2. The summed E-state index contributed by atoms with van der Waals surface area (Å²) in [5.74, 6) is -12.0. The van der Waals surface area contributed by atoms with Crippen molar-refractivity contribution in [1.29, 1.82) is 0 Å². The van der Waals surface area contributed by atoms with Gasteiger partial charge in [-0.3, -0.25) is 47.9 Å². The highest BCUT2D eigenvalue weighted by Crippen LogP contribution is 2.15. The lowest BCUT2D eigenvalue weighted by Crippen LogP contribution is -2.61. The number of aliphatic carboxylic acids is 2. The van der Waals surface area contributed by atoms with E-state index in [9.17, 15) is 73.2 Å². The average molecular weight is 1180 g/mol. The number of carboxylic acid groups (broad SMARTS) is 2. The van der Waals surface area contributed by atoms with Gasteiger partial charge in [-0.1, -0.05) is 64.8 Å². The van der Waals surface area contributed by atoms with Crippen LogP contribution in [0.1, 0.15) is 97.6 Å². The number of nitrogens with one attached hydrogen (secondary N) is 9. The maximum atomic E-state index is 14.2. The molecule has 17 N–H and O–H groups in total. The number of unbranched alkanes of at least 4 members (excludes halogenated alkanes) is 1. The van der Waals surface area contributed by atoms with Crippen molar-refractivity contribution in [2.45, 2.75) is 160 Å². The number of hydrogen-bond donors (Lipinski definition) is 17. The minimum absolute atomic E-state index is 0.00324. The Kier molecular flexibility index (Phi) is 30.7. The van der Waals surface area contributed by atoms with E-state index >= 15 is 0 Å². The van der Waals surface area contributed by atoms with Crippen LogP contribution in [-0.4, -0.2) is 164 Å². The van der Waals surface area contributed by atoms with Crippen LogP contribution in [0.25, 0.3) is 0 Å². The van der Waals surface area contributed by atoms with E-state index < -0.39 is 144 Å². The molecule has 2 rings (SSSR count). The standard InChI is InChI=1S/C53H81N11O15S2/c1-7-28(4)43(53(78)79)64-45(70)30(6)57-48(73)38(23-31-11-15-33(65)16-12-31)59-44(69)29(5)56-47(72)36(19-20-42(67)68)58-51(76)41(26-81)63-49(74)37(22-27(2)3)60-50(75)39(24-32-13-17-34(66)18-14-32)61-52(77)40(25-80)62-46(71)35(55)10-8-9-21-54/h11-18,27-30,35-41,43,65-66,80-81H,7-10,19-26,54-55H2,1-6H3,(H,56,72)(H,57,73)(H,58,76)(H,59,69)(H,60,75)(H,61,77)(H,62,71)(H,63,74)(H,64,70)(H,67,68)(H,78,79)/t28-,29-,30+,35-,36+,37-,38-,39-,40-,41-,43-/m0/s1. The van der Waals surface area contributed by atoms with Crippen molar-refractivity contribution >= 4 is 90.4 Å². The minimum atomic E-state index is -1.64. The van der Waals surface area contributed by atoms with E-state index in [-0.39, 0.29) is 48.2 Å². The molecule has 0 saturated heterocycles. The molecule has 0 fully saturated rings. The molecule has 0 aliphatic heterocycles. The van der Waals surface area contributed by atoms with Crippen molar-refractivity contribution in [3.63, 3.8) is 0 Å². The first-order valence-electron chi connectivity index (χ1n) is 26.6. The Morgan fingerprint density at radius 2 is 0.877 bits per heavy atom.